The molecule has 0 aromatic heterocycles. The molecule has 21 heavy (non-hydrogen) atoms. The average molecular weight is 366 g/mol. The van der Waals surface area contributed by atoms with Crippen LogP contribution >= 0.6 is 15.9 Å². The van der Waals surface area contributed by atoms with Gasteiger partial charge < -0.3 is 16.3 Å². The first-order valence-electron chi connectivity index (χ1n) is 5.87. The molecular weight excluding hydrogens is 355 g/mol. The summed E-state index contributed by atoms with van der Waals surface area (Å²) in [7, 11) is 0. The summed E-state index contributed by atoms with van der Waals surface area (Å²) in [6.07, 6.45) is -3.75. The number of hydrogen-bond donors (Lipinski definition) is 3. The Balaban J connectivity index is 2.26. The predicted octanol–water partition coefficient (Wildman–Crippen LogP) is 2.93. The number of alkyl halides is 3. The predicted molar refractivity (Wildman–Crippen MR) is 72.8 cm³/mol. The summed E-state index contributed by atoms with van der Waals surface area (Å²) in [6, 6.07) is 2.92. The Hall–Kier alpha value is -1.77. The number of halogens is 4. The SMILES string of the molecule is N/C(=N/O)C1(C(=O)Nc2cc(C(F)(F)F)ccc2Br)CC1. The van der Waals surface area contributed by atoms with Gasteiger partial charge in [0.25, 0.3) is 0 Å². The van der Waals surface area contributed by atoms with Crippen LogP contribution in [0, 0.1) is 5.41 Å². The van der Waals surface area contributed by atoms with Gasteiger partial charge in [0.2, 0.25) is 5.91 Å². The number of benzene rings is 1. The molecule has 0 unspecified atom stereocenters. The fourth-order valence-corrected chi connectivity index (χ4v) is 2.21. The third-order valence-electron chi connectivity index (χ3n) is 3.32. The number of amides is 1. The minimum atomic E-state index is -4.51. The van der Waals surface area contributed by atoms with Gasteiger partial charge in [0.15, 0.2) is 5.84 Å². The van der Waals surface area contributed by atoms with E-state index in [-0.39, 0.29) is 11.5 Å². The van der Waals surface area contributed by atoms with Crippen molar-refractivity contribution in [3.8, 4) is 0 Å². The van der Waals surface area contributed by atoms with E-state index in [4.69, 9.17) is 10.9 Å². The molecule has 114 valence electrons. The summed E-state index contributed by atoms with van der Waals surface area (Å²) in [6.45, 7) is 0. The number of anilines is 1. The maximum atomic E-state index is 12.7. The van der Waals surface area contributed by atoms with Crippen LogP contribution in [0.4, 0.5) is 18.9 Å². The summed E-state index contributed by atoms with van der Waals surface area (Å²) in [5.74, 6) is -0.846. The third kappa shape index (κ3) is 2.97. The van der Waals surface area contributed by atoms with Crippen LogP contribution < -0.4 is 11.1 Å². The Morgan fingerprint density at radius 3 is 2.52 bits per heavy atom. The zero-order valence-electron chi connectivity index (χ0n) is 10.5. The molecule has 0 heterocycles. The van der Waals surface area contributed by atoms with Crippen LogP contribution in [0.15, 0.2) is 27.8 Å². The lowest BCUT2D eigenvalue weighted by molar-refractivity contribution is -0.137. The Labute approximate surface area is 126 Å². The number of hydrogen-bond acceptors (Lipinski definition) is 3. The molecule has 1 amide bonds. The van der Waals surface area contributed by atoms with Gasteiger partial charge in [-0.05, 0) is 47.0 Å². The number of nitrogens with two attached hydrogens (primary N) is 1. The molecule has 0 aliphatic heterocycles. The van der Waals surface area contributed by atoms with Crippen molar-refractivity contribution in [1.29, 1.82) is 0 Å². The number of nitrogens with zero attached hydrogens (tertiary/aromatic N) is 1. The van der Waals surface area contributed by atoms with Crippen molar-refractivity contribution in [3.63, 3.8) is 0 Å². The summed E-state index contributed by atoms with van der Waals surface area (Å²) in [5.41, 5.74) is 3.41. The van der Waals surface area contributed by atoms with Gasteiger partial charge >= 0.3 is 6.18 Å². The first-order valence-corrected chi connectivity index (χ1v) is 6.66. The van der Waals surface area contributed by atoms with Crippen molar-refractivity contribution in [2.24, 2.45) is 16.3 Å². The summed E-state index contributed by atoms with van der Waals surface area (Å²) in [5, 5.41) is 13.8. The van der Waals surface area contributed by atoms with E-state index in [1.807, 2.05) is 0 Å². The lowest BCUT2D eigenvalue weighted by atomic mass is 10.0. The topological polar surface area (TPSA) is 87.7 Å². The van der Waals surface area contributed by atoms with E-state index in [9.17, 15) is 18.0 Å². The second kappa shape index (κ2) is 5.21. The average Bonchev–Trinajstić information content (AvgIpc) is 3.20. The molecule has 1 aliphatic rings. The van der Waals surface area contributed by atoms with Gasteiger partial charge in [0.05, 0.1) is 11.3 Å². The summed E-state index contributed by atoms with van der Waals surface area (Å²) in [4.78, 5) is 12.1. The summed E-state index contributed by atoms with van der Waals surface area (Å²) < 4.78 is 38.3. The maximum Gasteiger partial charge on any atom is 0.416 e. The Morgan fingerprint density at radius 1 is 1.43 bits per heavy atom. The fraction of sp³-hybridized carbons (Fsp3) is 0.333. The smallest absolute Gasteiger partial charge is 0.409 e. The molecule has 1 aromatic rings. The number of nitrogens with one attached hydrogen (secondary N) is 1. The van der Waals surface area contributed by atoms with Crippen LogP contribution in [0.3, 0.4) is 0 Å². The van der Waals surface area contributed by atoms with Crippen molar-refractivity contribution in [3.05, 3.63) is 28.2 Å². The van der Waals surface area contributed by atoms with E-state index < -0.39 is 23.1 Å². The molecule has 0 radical (unpaired) electrons. The van der Waals surface area contributed by atoms with Gasteiger partial charge in [-0.3, -0.25) is 4.79 Å². The molecule has 5 nitrogen and oxygen atoms in total. The lowest BCUT2D eigenvalue weighted by Crippen LogP contribution is -2.36. The molecule has 9 heteroatoms. The van der Waals surface area contributed by atoms with E-state index in [2.05, 4.69) is 26.4 Å². The van der Waals surface area contributed by atoms with Crippen molar-refractivity contribution < 1.29 is 23.2 Å². The molecule has 1 aromatic carbocycles. The number of carbonyl (C=O) groups is 1. The van der Waals surface area contributed by atoms with Crippen molar-refractivity contribution in [1.82, 2.24) is 0 Å². The second-order valence-electron chi connectivity index (χ2n) is 4.71. The van der Waals surface area contributed by atoms with Crippen LogP contribution in [-0.2, 0) is 11.0 Å². The van der Waals surface area contributed by atoms with Gasteiger partial charge in [-0.2, -0.15) is 13.2 Å². The standard InChI is InChI=1S/C12H11BrF3N3O2/c13-7-2-1-6(12(14,15)16)5-8(7)18-10(20)11(3-4-11)9(17)19-21/h1-2,5,21H,3-4H2,(H2,17,19)(H,18,20). The first kappa shape index (κ1) is 15.6. The second-order valence-corrected chi connectivity index (χ2v) is 5.57. The van der Waals surface area contributed by atoms with E-state index in [0.29, 0.717) is 17.3 Å². The number of carbonyl (C=O) groups excluding carboxylic acids is 1. The van der Waals surface area contributed by atoms with Gasteiger partial charge in [-0.25, -0.2) is 0 Å². The lowest BCUT2D eigenvalue weighted by Gasteiger charge is -2.16. The third-order valence-corrected chi connectivity index (χ3v) is 4.02. The number of amidine groups is 1. The van der Waals surface area contributed by atoms with Crippen LogP contribution in [0.1, 0.15) is 18.4 Å². The highest BCUT2D eigenvalue weighted by Gasteiger charge is 2.54. The zero-order valence-corrected chi connectivity index (χ0v) is 12.1. The molecule has 1 aliphatic carbocycles. The van der Waals surface area contributed by atoms with Crippen molar-refractivity contribution in [2.75, 3.05) is 5.32 Å². The van der Waals surface area contributed by atoms with E-state index in [1.165, 1.54) is 6.07 Å². The van der Waals surface area contributed by atoms with E-state index in [0.717, 1.165) is 12.1 Å². The normalized spacial score (nSPS) is 17.4. The Kier molecular flexibility index (Phi) is 3.87. The van der Waals surface area contributed by atoms with Crippen molar-refractivity contribution >= 4 is 33.4 Å². The molecule has 0 saturated heterocycles. The van der Waals surface area contributed by atoms with Gasteiger partial charge in [-0.1, -0.05) is 5.16 Å². The van der Waals surface area contributed by atoms with Gasteiger partial charge in [-0.15, -0.1) is 0 Å². The van der Waals surface area contributed by atoms with Crippen LogP contribution in [0.5, 0.6) is 0 Å². The highest BCUT2D eigenvalue weighted by atomic mass is 79.9. The molecule has 2 rings (SSSR count). The van der Waals surface area contributed by atoms with Crippen LogP contribution in [0.2, 0.25) is 0 Å². The highest BCUT2D eigenvalue weighted by Crippen LogP contribution is 2.47. The minimum Gasteiger partial charge on any atom is -0.409 e. The molecule has 4 N–H and O–H groups in total. The molecule has 1 saturated carbocycles. The van der Waals surface area contributed by atoms with Crippen LogP contribution in [0.25, 0.3) is 0 Å². The monoisotopic (exact) mass is 365 g/mol. The van der Waals surface area contributed by atoms with E-state index in [1.54, 1.807) is 0 Å². The molecule has 0 bridgehead atoms. The summed E-state index contributed by atoms with van der Waals surface area (Å²) >= 11 is 3.07. The highest BCUT2D eigenvalue weighted by molar-refractivity contribution is 9.10. The Bertz CT molecular complexity index is 612. The van der Waals surface area contributed by atoms with Gasteiger partial charge in [0, 0.05) is 4.47 Å². The molecule has 1 fully saturated rings. The number of rotatable bonds is 3. The molecular formula is C12H11BrF3N3O2. The minimum absolute atomic E-state index is 0.0214. The quantitative estimate of drug-likeness (QED) is 0.333. The fourth-order valence-electron chi connectivity index (χ4n) is 1.86. The van der Waals surface area contributed by atoms with Gasteiger partial charge in [0.1, 0.15) is 5.41 Å². The van der Waals surface area contributed by atoms with Crippen LogP contribution in [-0.4, -0.2) is 17.0 Å². The number of oxime groups is 1. The van der Waals surface area contributed by atoms with E-state index >= 15 is 0 Å². The largest absolute Gasteiger partial charge is 0.416 e. The van der Waals surface area contributed by atoms with Crippen molar-refractivity contribution in [2.45, 2.75) is 19.0 Å². The molecule has 0 atom stereocenters. The molecule has 0 spiro atoms. The zero-order chi connectivity index (χ0) is 15.8. The first-order chi connectivity index (χ1) is 9.70. The Morgan fingerprint density at radius 2 is 2.05 bits per heavy atom. The maximum absolute atomic E-state index is 12.7.